The normalized spacial score (nSPS) is 10.2. The van der Waals surface area contributed by atoms with Crippen LogP contribution in [0.4, 0.5) is 5.69 Å². The largest absolute Gasteiger partial charge is 0.438 e. The number of benzene rings is 1. The van der Waals surface area contributed by atoms with Gasteiger partial charge in [0.25, 0.3) is 0 Å². The molecule has 1 aromatic heterocycles. The highest BCUT2D eigenvalue weighted by Crippen LogP contribution is 2.30. The third kappa shape index (κ3) is 2.82. The van der Waals surface area contributed by atoms with Gasteiger partial charge in [-0.1, -0.05) is 6.07 Å². The first kappa shape index (κ1) is 12.9. The van der Waals surface area contributed by atoms with Crippen LogP contribution in [0.1, 0.15) is 5.56 Å². The monoisotopic (exact) mass is 306 g/mol. The average Bonchev–Trinajstić information content (AvgIpc) is 2.35. The fraction of sp³-hybridized carbons (Fsp3) is 0.214. The Kier molecular flexibility index (Phi) is 3.87. The summed E-state index contributed by atoms with van der Waals surface area (Å²) in [5.41, 5.74) is 2.19. The second-order valence-electron chi connectivity index (χ2n) is 4.24. The maximum absolute atomic E-state index is 5.80. The van der Waals surface area contributed by atoms with E-state index in [-0.39, 0.29) is 0 Å². The third-order valence-electron chi connectivity index (χ3n) is 2.60. The quantitative estimate of drug-likeness (QED) is 0.856. The topological polar surface area (TPSA) is 25.4 Å². The van der Waals surface area contributed by atoms with Gasteiger partial charge in [-0.15, -0.1) is 0 Å². The molecule has 0 unspecified atom stereocenters. The van der Waals surface area contributed by atoms with E-state index in [9.17, 15) is 0 Å². The molecule has 0 saturated heterocycles. The Morgan fingerprint density at radius 2 is 2.00 bits per heavy atom. The minimum absolute atomic E-state index is 0.589. The molecule has 4 heteroatoms. The molecule has 0 saturated carbocycles. The van der Waals surface area contributed by atoms with E-state index in [2.05, 4.69) is 20.9 Å². The van der Waals surface area contributed by atoms with Gasteiger partial charge in [-0.05, 0) is 46.6 Å². The van der Waals surface area contributed by atoms with Crippen LogP contribution >= 0.6 is 15.9 Å². The molecular weight excluding hydrogens is 292 g/mol. The van der Waals surface area contributed by atoms with Crippen LogP contribution in [0.5, 0.6) is 11.6 Å². The number of aromatic nitrogens is 1. The molecule has 18 heavy (non-hydrogen) atoms. The average molecular weight is 307 g/mol. The number of aryl methyl sites for hydroxylation is 1. The zero-order chi connectivity index (χ0) is 13.1. The van der Waals surface area contributed by atoms with Crippen LogP contribution in [0.15, 0.2) is 41.0 Å². The predicted octanol–water partition coefficient (Wildman–Crippen LogP) is 4.01. The molecule has 0 bridgehead atoms. The summed E-state index contributed by atoms with van der Waals surface area (Å²) in [5.74, 6) is 1.37. The minimum atomic E-state index is 0.589. The van der Waals surface area contributed by atoms with Gasteiger partial charge in [-0.25, -0.2) is 4.98 Å². The predicted molar refractivity (Wildman–Crippen MR) is 77.5 cm³/mol. The highest BCUT2D eigenvalue weighted by Gasteiger charge is 2.07. The molecule has 0 radical (unpaired) electrons. The van der Waals surface area contributed by atoms with E-state index >= 15 is 0 Å². The number of nitrogens with zero attached hydrogens (tertiary/aromatic N) is 2. The van der Waals surface area contributed by atoms with Crippen LogP contribution in [0.2, 0.25) is 0 Å². The molecule has 2 rings (SSSR count). The van der Waals surface area contributed by atoms with Gasteiger partial charge in [0, 0.05) is 32.0 Å². The van der Waals surface area contributed by atoms with Crippen molar-refractivity contribution in [3.05, 3.63) is 46.6 Å². The van der Waals surface area contributed by atoms with Crippen molar-refractivity contribution in [2.75, 3.05) is 19.0 Å². The second-order valence-corrected chi connectivity index (χ2v) is 5.03. The molecule has 0 N–H and O–H groups in total. The lowest BCUT2D eigenvalue weighted by atomic mass is 10.3. The van der Waals surface area contributed by atoms with E-state index in [4.69, 9.17) is 4.74 Å². The molecule has 1 heterocycles. The van der Waals surface area contributed by atoms with Crippen molar-refractivity contribution in [1.29, 1.82) is 0 Å². The Hall–Kier alpha value is -1.55. The van der Waals surface area contributed by atoms with Crippen molar-refractivity contribution < 1.29 is 4.74 Å². The van der Waals surface area contributed by atoms with Gasteiger partial charge in [0.15, 0.2) is 0 Å². The Bertz CT molecular complexity index is 555. The lowest BCUT2D eigenvalue weighted by Gasteiger charge is -2.14. The fourth-order valence-electron chi connectivity index (χ4n) is 1.52. The molecular formula is C14H15BrN2O. The number of anilines is 1. The van der Waals surface area contributed by atoms with Crippen molar-refractivity contribution in [2.24, 2.45) is 0 Å². The molecule has 0 spiro atoms. The van der Waals surface area contributed by atoms with E-state index in [1.54, 1.807) is 6.20 Å². The van der Waals surface area contributed by atoms with Crippen molar-refractivity contribution >= 4 is 21.6 Å². The van der Waals surface area contributed by atoms with Gasteiger partial charge in [0.1, 0.15) is 5.75 Å². The SMILES string of the molecule is Cc1ccnc(Oc2cccc(N(C)C)c2)c1Br. The molecule has 3 nitrogen and oxygen atoms in total. The first-order chi connectivity index (χ1) is 8.58. The molecule has 0 aliphatic rings. The van der Waals surface area contributed by atoms with E-state index in [0.717, 1.165) is 21.5 Å². The van der Waals surface area contributed by atoms with Gasteiger partial charge in [-0.2, -0.15) is 0 Å². The maximum atomic E-state index is 5.80. The summed E-state index contributed by atoms with van der Waals surface area (Å²) in [5, 5.41) is 0. The first-order valence-corrected chi connectivity index (χ1v) is 6.43. The lowest BCUT2D eigenvalue weighted by molar-refractivity contribution is 0.459. The number of hydrogen-bond acceptors (Lipinski definition) is 3. The fourth-order valence-corrected chi connectivity index (χ4v) is 1.84. The third-order valence-corrected chi connectivity index (χ3v) is 3.56. The molecule has 0 amide bonds. The van der Waals surface area contributed by atoms with Crippen molar-refractivity contribution in [3.8, 4) is 11.6 Å². The zero-order valence-corrected chi connectivity index (χ0v) is 12.2. The summed E-state index contributed by atoms with van der Waals surface area (Å²) in [6.45, 7) is 2.01. The van der Waals surface area contributed by atoms with Gasteiger partial charge in [0.05, 0.1) is 4.47 Å². The van der Waals surface area contributed by atoms with Gasteiger partial charge >= 0.3 is 0 Å². The maximum Gasteiger partial charge on any atom is 0.233 e. The minimum Gasteiger partial charge on any atom is -0.438 e. The highest BCUT2D eigenvalue weighted by atomic mass is 79.9. The zero-order valence-electron chi connectivity index (χ0n) is 10.6. The Morgan fingerprint density at radius 1 is 1.22 bits per heavy atom. The van der Waals surface area contributed by atoms with E-state index in [1.807, 2.05) is 56.3 Å². The van der Waals surface area contributed by atoms with Crippen molar-refractivity contribution in [1.82, 2.24) is 4.98 Å². The molecule has 1 aromatic carbocycles. The summed E-state index contributed by atoms with van der Waals surface area (Å²) in [6, 6.07) is 9.84. The molecule has 0 aliphatic heterocycles. The van der Waals surface area contributed by atoms with Crippen LogP contribution in [-0.2, 0) is 0 Å². The van der Waals surface area contributed by atoms with Gasteiger partial charge in [-0.3, -0.25) is 0 Å². The van der Waals surface area contributed by atoms with E-state index in [1.165, 1.54) is 0 Å². The van der Waals surface area contributed by atoms with Crippen LogP contribution in [0, 0.1) is 6.92 Å². The summed E-state index contributed by atoms with van der Waals surface area (Å²) in [4.78, 5) is 6.26. The van der Waals surface area contributed by atoms with E-state index in [0.29, 0.717) is 5.88 Å². The second kappa shape index (κ2) is 5.40. The first-order valence-electron chi connectivity index (χ1n) is 5.64. The number of halogens is 1. The number of hydrogen-bond donors (Lipinski definition) is 0. The van der Waals surface area contributed by atoms with Crippen LogP contribution in [-0.4, -0.2) is 19.1 Å². The standard InChI is InChI=1S/C14H15BrN2O/c1-10-7-8-16-14(13(10)15)18-12-6-4-5-11(9-12)17(2)3/h4-9H,1-3H3. The summed E-state index contributed by atoms with van der Waals surface area (Å²) >= 11 is 3.49. The Balaban J connectivity index is 2.28. The Labute approximate surface area is 116 Å². The molecule has 0 fully saturated rings. The van der Waals surface area contributed by atoms with Crippen molar-refractivity contribution in [2.45, 2.75) is 6.92 Å². The summed E-state index contributed by atoms with van der Waals surface area (Å²) in [6.07, 6.45) is 1.74. The number of ether oxygens (including phenoxy) is 1. The molecule has 0 aliphatic carbocycles. The summed E-state index contributed by atoms with van der Waals surface area (Å²) in [7, 11) is 4.00. The smallest absolute Gasteiger partial charge is 0.233 e. The molecule has 0 atom stereocenters. The van der Waals surface area contributed by atoms with E-state index < -0.39 is 0 Å². The number of rotatable bonds is 3. The van der Waals surface area contributed by atoms with Crippen LogP contribution in [0.3, 0.4) is 0 Å². The lowest BCUT2D eigenvalue weighted by Crippen LogP contribution is -2.08. The summed E-state index contributed by atoms with van der Waals surface area (Å²) < 4.78 is 6.69. The van der Waals surface area contributed by atoms with Crippen LogP contribution < -0.4 is 9.64 Å². The van der Waals surface area contributed by atoms with Gasteiger partial charge < -0.3 is 9.64 Å². The highest BCUT2D eigenvalue weighted by molar-refractivity contribution is 9.10. The molecule has 2 aromatic rings. The number of pyridine rings is 1. The van der Waals surface area contributed by atoms with Gasteiger partial charge in [0.2, 0.25) is 5.88 Å². The Morgan fingerprint density at radius 3 is 2.72 bits per heavy atom. The molecule has 94 valence electrons. The van der Waals surface area contributed by atoms with Crippen LogP contribution in [0.25, 0.3) is 0 Å². The van der Waals surface area contributed by atoms with Crippen molar-refractivity contribution in [3.63, 3.8) is 0 Å².